The van der Waals surface area contributed by atoms with Gasteiger partial charge in [-0.15, -0.1) is 0 Å². The molecular weight excluding hydrogens is 486 g/mol. The van der Waals surface area contributed by atoms with Gasteiger partial charge in [0.25, 0.3) is 0 Å². The highest BCUT2D eigenvalue weighted by Crippen LogP contribution is 2.28. The molecule has 7 nitrogen and oxygen atoms in total. The van der Waals surface area contributed by atoms with E-state index in [0.29, 0.717) is 48.6 Å². The average Bonchev–Trinajstić information content (AvgIpc) is 2.81. The Hall–Kier alpha value is -2.58. The first-order chi connectivity index (χ1) is 16.6. The molecular formula is C26H36ClN3O4S. The summed E-state index contributed by atoms with van der Waals surface area (Å²) in [5.41, 5.74) is 2.25. The Balaban J connectivity index is 2.17. The molecule has 0 radical (unpaired) electrons. The number of carbonyl (C=O) groups excluding carboxylic acids is 2. The minimum atomic E-state index is -3.58. The number of halogens is 1. The lowest BCUT2D eigenvalue weighted by Gasteiger charge is -2.31. The topological polar surface area (TPSA) is 86.8 Å². The number of rotatable bonds is 13. The van der Waals surface area contributed by atoms with E-state index >= 15 is 0 Å². The first-order valence-corrected chi connectivity index (χ1v) is 14.2. The molecule has 0 fully saturated rings. The Kier molecular flexibility index (Phi) is 11.0. The zero-order valence-electron chi connectivity index (χ0n) is 21.0. The number of likely N-dealkylation sites (N-methyl/N-ethyl adjacent to an activating group) is 1. The van der Waals surface area contributed by atoms with Crippen LogP contribution in [-0.2, 0) is 26.0 Å². The van der Waals surface area contributed by atoms with E-state index in [9.17, 15) is 18.0 Å². The standard InChI is InChI=1S/C26H36ClN3O4S/c1-5-23(26(32)28-6-2)29(19-17-21-12-8-7-9-13-21)25(31)16-11-18-30(35(4,33)34)24-15-10-14-22(27)20(24)3/h7-10,12-15,23H,5-6,11,16-19H2,1-4H3,(H,28,32)/t23-/m0/s1. The van der Waals surface area contributed by atoms with Crippen molar-refractivity contribution in [2.45, 2.75) is 52.5 Å². The number of amides is 2. The Bertz CT molecular complexity index is 1090. The Labute approximate surface area is 214 Å². The molecule has 0 bridgehead atoms. The summed E-state index contributed by atoms with van der Waals surface area (Å²) in [4.78, 5) is 27.6. The van der Waals surface area contributed by atoms with Crippen molar-refractivity contribution >= 4 is 39.1 Å². The van der Waals surface area contributed by atoms with Crippen LogP contribution >= 0.6 is 11.6 Å². The van der Waals surface area contributed by atoms with Crippen molar-refractivity contribution in [1.29, 1.82) is 0 Å². The summed E-state index contributed by atoms with van der Waals surface area (Å²) in [6.07, 6.45) is 2.69. The fraction of sp³-hybridized carbons (Fsp3) is 0.462. The number of carbonyl (C=O) groups is 2. The predicted molar refractivity (Wildman–Crippen MR) is 142 cm³/mol. The van der Waals surface area contributed by atoms with E-state index in [-0.39, 0.29) is 24.8 Å². The first kappa shape index (κ1) is 28.7. The van der Waals surface area contributed by atoms with Gasteiger partial charge in [-0.2, -0.15) is 0 Å². The maximum atomic E-state index is 13.3. The Morgan fingerprint density at radius 2 is 1.71 bits per heavy atom. The van der Waals surface area contributed by atoms with Crippen molar-refractivity contribution in [3.05, 3.63) is 64.7 Å². The summed E-state index contributed by atoms with van der Waals surface area (Å²) >= 11 is 6.21. The van der Waals surface area contributed by atoms with Crippen LogP contribution in [0.15, 0.2) is 48.5 Å². The smallest absolute Gasteiger partial charge is 0.242 e. The monoisotopic (exact) mass is 521 g/mol. The van der Waals surface area contributed by atoms with Crippen LogP contribution in [-0.4, -0.2) is 57.1 Å². The molecule has 35 heavy (non-hydrogen) atoms. The number of hydrogen-bond donors (Lipinski definition) is 1. The van der Waals surface area contributed by atoms with Crippen molar-refractivity contribution in [3.63, 3.8) is 0 Å². The molecule has 0 aliphatic heterocycles. The third-order valence-electron chi connectivity index (χ3n) is 5.88. The molecule has 2 amide bonds. The molecule has 1 N–H and O–H groups in total. The number of hydrogen-bond acceptors (Lipinski definition) is 4. The molecule has 2 aromatic rings. The highest BCUT2D eigenvalue weighted by atomic mass is 35.5. The fourth-order valence-electron chi connectivity index (χ4n) is 4.04. The van der Waals surface area contributed by atoms with Crippen LogP contribution < -0.4 is 9.62 Å². The van der Waals surface area contributed by atoms with Crippen LogP contribution in [0.3, 0.4) is 0 Å². The summed E-state index contributed by atoms with van der Waals surface area (Å²) in [6, 6.07) is 14.4. The molecule has 9 heteroatoms. The highest BCUT2D eigenvalue weighted by Gasteiger charge is 2.28. The molecule has 0 heterocycles. The van der Waals surface area contributed by atoms with Gasteiger partial charge in [-0.25, -0.2) is 8.42 Å². The van der Waals surface area contributed by atoms with Crippen molar-refractivity contribution < 1.29 is 18.0 Å². The molecule has 0 spiro atoms. The van der Waals surface area contributed by atoms with E-state index in [2.05, 4.69) is 5.32 Å². The van der Waals surface area contributed by atoms with Gasteiger partial charge in [0.2, 0.25) is 21.8 Å². The third-order valence-corrected chi connectivity index (χ3v) is 7.47. The van der Waals surface area contributed by atoms with E-state index in [4.69, 9.17) is 11.6 Å². The van der Waals surface area contributed by atoms with Gasteiger partial charge in [0.05, 0.1) is 11.9 Å². The van der Waals surface area contributed by atoms with E-state index in [0.717, 1.165) is 11.8 Å². The minimum Gasteiger partial charge on any atom is -0.355 e. The van der Waals surface area contributed by atoms with Crippen LogP contribution in [0.4, 0.5) is 5.69 Å². The molecule has 192 valence electrons. The molecule has 2 rings (SSSR count). The molecule has 0 aromatic heterocycles. The van der Waals surface area contributed by atoms with Gasteiger partial charge in [0.15, 0.2) is 0 Å². The molecule has 0 aliphatic rings. The maximum Gasteiger partial charge on any atom is 0.242 e. The van der Waals surface area contributed by atoms with Crippen LogP contribution in [0.25, 0.3) is 0 Å². The normalized spacial score (nSPS) is 12.1. The van der Waals surface area contributed by atoms with Crippen molar-refractivity contribution in [1.82, 2.24) is 10.2 Å². The lowest BCUT2D eigenvalue weighted by molar-refractivity contribution is -0.140. The SMILES string of the molecule is CCNC(=O)[C@H](CC)N(CCc1ccccc1)C(=O)CCCN(c1cccc(Cl)c1C)S(C)(=O)=O. The predicted octanol–water partition coefficient (Wildman–Crippen LogP) is 4.18. The lowest BCUT2D eigenvalue weighted by Crippen LogP contribution is -2.50. The maximum absolute atomic E-state index is 13.3. The van der Waals surface area contributed by atoms with E-state index < -0.39 is 16.1 Å². The quantitative estimate of drug-likeness (QED) is 0.428. The summed E-state index contributed by atoms with van der Waals surface area (Å²) < 4.78 is 26.3. The van der Waals surface area contributed by atoms with Crippen LogP contribution in [0, 0.1) is 6.92 Å². The van der Waals surface area contributed by atoms with Gasteiger partial charge >= 0.3 is 0 Å². The second kappa shape index (κ2) is 13.5. The summed E-state index contributed by atoms with van der Waals surface area (Å²) in [5, 5.41) is 3.30. The number of nitrogens with zero attached hydrogens (tertiary/aromatic N) is 2. The highest BCUT2D eigenvalue weighted by molar-refractivity contribution is 7.92. The number of sulfonamides is 1. The van der Waals surface area contributed by atoms with Gasteiger partial charge in [0.1, 0.15) is 6.04 Å². The summed E-state index contributed by atoms with van der Waals surface area (Å²) in [5.74, 6) is -0.348. The number of nitrogens with one attached hydrogen (secondary N) is 1. The van der Waals surface area contributed by atoms with Crippen molar-refractivity contribution in [3.8, 4) is 0 Å². The largest absolute Gasteiger partial charge is 0.355 e. The second-order valence-electron chi connectivity index (χ2n) is 8.46. The zero-order valence-corrected chi connectivity index (χ0v) is 22.5. The third kappa shape index (κ3) is 8.25. The summed E-state index contributed by atoms with van der Waals surface area (Å²) in [6.45, 7) is 6.52. The van der Waals surface area contributed by atoms with Crippen LogP contribution in [0.5, 0.6) is 0 Å². The van der Waals surface area contributed by atoms with E-state index in [1.165, 1.54) is 4.31 Å². The minimum absolute atomic E-state index is 0.121. The van der Waals surface area contributed by atoms with Crippen molar-refractivity contribution in [2.24, 2.45) is 0 Å². The molecule has 2 aromatic carbocycles. The second-order valence-corrected chi connectivity index (χ2v) is 10.8. The Morgan fingerprint density at radius 1 is 1.03 bits per heavy atom. The van der Waals surface area contributed by atoms with Crippen LogP contribution in [0.1, 0.15) is 44.2 Å². The molecule has 0 saturated carbocycles. The number of benzene rings is 2. The van der Waals surface area contributed by atoms with Crippen molar-refractivity contribution in [2.75, 3.05) is 30.2 Å². The average molecular weight is 522 g/mol. The zero-order chi connectivity index (χ0) is 26.0. The van der Waals surface area contributed by atoms with Crippen LogP contribution in [0.2, 0.25) is 5.02 Å². The van der Waals surface area contributed by atoms with Gasteiger partial charge in [-0.05, 0) is 56.4 Å². The molecule has 0 saturated heterocycles. The molecule has 1 atom stereocenters. The fourth-order valence-corrected chi connectivity index (χ4v) is 5.22. The molecule has 0 unspecified atom stereocenters. The Morgan fingerprint density at radius 3 is 2.31 bits per heavy atom. The first-order valence-electron chi connectivity index (χ1n) is 11.9. The molecule has 0 aliphatic carbocycles. The van der Waals surface area contributed by atoms with E-state index in [1.54, 1.807) is 30.0 Å². The number of anilines is 1. The van der Waals surface area contributed by atoms with E-state index in [1.807, 2.05) is 44.2 Å². The summed E-state index contributed by atoms with van der Waals surface area (Å²) in [7, 11) is -3.58. The lowest BCUT2D eigenvalue weighted by atomic mass is 10.1. The van der Waals surface area contributed by atoms with Gasteiger partial charge < -0.3 is 10.2 Å². The van der Waals surface area contributed by atoms with Gasteiger partial charge in [-0.3, -0.25) is 13.9 Å². The van der Waals surface area contributed by atoms with Gasteiger partial charge in [-0.1, -0.05) is 54.9 Å². The van der Waals surface area contributed by atoms with Gasteiger partial charge in [0, 0.05) is 31.1 Å².